The van der Waals surface area contributed by atoms with Crippen LogP contribution in [0.5, 0.6) is 5.75 Å². The predicted molar refractivity (Wildman–Crippen MR) is 54.3 cm³/mol. The van der Waals surface area contributed by atoms with Crippen LogP contribution >= 0.6 is 0 Å². The van der Waals surface area contributed by atoms with Crippen molar-refractivity contribution >= 4 is 17.3 Å². The fraction of sp³-hybridized carbons (Fsp3) is 0.200. The first-order valence-corrected chi connectivity index (χ1v) is 4.42. The summed E-state index contributed by atoms with van der Waals surface area (Å²) >= 11 is 0. The topological polar surface area (TPSA) is 79.3 Å². The van der Waals surface area contributed by atoms with Gasteiger partial charge < -0.3 is 10.5 Å². The molecule has 0 saturated heterocycles. The summed E-state index contributed by atoms with van der Waals surface area (Å²) in [6, 6.07) is 6.94. The predicted octanol–water partition coefficient (Wildman–Crippen LogP) is 0.518. The van der Waals surface area contributed by atoms with Crippen LogP contribution in [-0.4, -0.2) is 19.1 Å². The molecule has 76 valence electrons. The molecule has 1 aliphatic heterocycles. The van der Waals surface area contributed by atoms with Crippen molar-refractivity contribution in [3.05, 3.63) is 18.2 Å². The molecule has 1 aliphatic rings. The van der Waals surface area contributed by atoms with Crippen LogP contribution in [0.25, 0.3) is 0 Å². The van der Waals surface area contributed by atoms with Gasteiger partial charge in [0.05, 0.1) is 11.8 Å². The molecular weight excluding hydrogens is 194 g/mol. The Morgan fingerprint density at radius 1 is 1.60 bits per heavy atom. The molecule has 0 fully saturated rings. The molecule has 1 heterocycles. The Morgan fingerprint density at radius 2 is 2.40 bits per heavy atom. The van der Waals surface area contributed by atoms with Gasteiger partial charge in [0.15, 0.2) is 6.61 Å². The summed E-state index contributed by atoms with van der Waals surface area (Å²) in [7, 11) is 0. The maximum absolute atomic E-state index is 11.5. The minimum Gasteiger partial charge on any atom is -0.481 e. The average molecular weight is 203 g/mol. The second kappa shape index (κ2) is 3.50. The van der Waals surface area contributed by atoms with Crippen molar-refractivity contribution in [2.45, 2.75) is 0 Å². The molecule has 0 radical (unpaired) electrons. The third-order valence-electron chi connectivity index (χ3n) is 2.16. The van der Waals surface area contributed by atoms with Gasteiger partial charge in [0, 0.05) is 11.8 Å². The highest BCUT2D eigenvalue weighted by molar-refractivity contribution is 5.98. The summed E-state index contributed by atoms with van der Waals surface area (Å²) < 4.78 is 5.21. The van der Waals surface area contributed by atoms with Gasteiger partial charge in [-0.1, -0.05) is 0 Å². The number of nitriles is 1. The number of nitrogens with two attached hydrogens (primary N) is 1. The number of carbonyl (C=O) groups is 1. The molecule has 0 bridgehead atoms. The lowest BCUT2D eigenvalue weighted by molar-refractivity contribution is -0.121. The van der Waals surface area contributed by atoms with Gasteiger partial charge in [-0.15, -0.1) is 0 Å². The van der Waals surface area contributed by atoms with E-state index in [1.165, 1.54) is 4.90 Å². The smallest absolute Gasteiger partial charge is 0.265 e. The van der Waals surface area contributed by atoms with E-state index in [1.54, 1.807) is 18.2 Å². The largest absolute Gasteiger partial charge is 0.481 e. The SMILES string of the molecule is N#CCN1C(=O)COc2cc(N)ccc21. The number of anilines is 2. The molecular formula is C10H9N3O2. The fourth-order valence-electron chi connectivity index (χ4n) is 1.47. The highest BCUT2D eigenvalue weighted by atomic mass is 16.5. The lowest BCUT2D eigenvalue weighted by Crippen LogP contribution is -2.38. The van der Waals surface area contributed by atoms with Crippen molar-refractivity contribution in [3.8, 4) is 11.8 Å². The molecule has 5 heteroatoms. The molecule has 2 N–H and O–H groups in total. The van der Waals surface area contributed by atoms with E-state index in [9.17, 15) is 4.79 Å². The van der Waals surface area contributed by atoms with Crippen LogP contribution in [0.1, 0.15) is 0 Å². The molecule has 0 spiro atoms. The first-order valence-electron chi connectivity index (χ1n) is 4.42. The molecule has 0 saturated carbocycles. The van der Waals surface area contributed by atoms with E-state index >= 15 is 0 Å². The Kier molecular flexibility index (Phi) is 2.18. The number of amides is 1. The molecule has 1 amide bonds. The van der Waals surface area contributed by atoms with Gasteiger partial charge in [-0.05, 0) is 12.1 Å². The summed E-state index contributed by atoms with van der Waals surface area (Å²) in [4.78, 5) is 12.8. The first kappa shape index (κ1) is 9.34. The maximum atomic E-state index is 11.5. The van der Waals surface area contributed by atoms with E-state index < -0.39 is 0 Å². The zero-order valence-corrected chi connectivity index (χ0v) is 7.93. The summed E-state index contributed by atoms with van der Waals surface area (Å²) in [6.07, 6.45) is 0. The summed E-state index contributed by atoms with van der Waals surface area (Å²) in [5.74, 6) is 0.332. The second-order valence-electron chi connectivity index (χ2n) is 3.15. The van der Waals surface area contributed by atoms with E-state index in [-0.39, 0.29) is 19.1 Å². The van der Waals surface area contributed by atoms with Crippen molar-refractivity contribution in [3.63, 3.8) is 0 Å². The maximum Gasteiger partial charge on any atom is 0.265 e. The molecule has 1 aromatic rings. The van der Waals surface area contributed by atoms with Crippen LogP contribution in [-0.2, 0) is 4.79 Å². The minimum absolute atomic E-state index is 0.0269. The number of carbonyl (C=O) groups excluding carboxylic acids is 1. The summed E-state index contributed by atoms with van der Waals surface area (Å²) in [5, 5.41) is 8.61. The Labute approximate surface area is 86.7 Å². The van der Waals surface area contributed by atoms with Crippen LogP contribution in [0.2, 0.25) is 0 Å². The lowest BCUT2D eigenvalue weighted by atomic mass is 10.2. The van der Waals surface area contributed by atoms with E-state index in [4.69, 9.17) is 15.7 Å². The molecule has 0 unspecified atom stereocenters. The van der Waals surface area contributed by atoms with Crippen molar-refractivity contribution in [2.75, 3.05) is 23.8 Å². The summed E-state index contributed by atoms with van der Waals surface area (Å²) in [5.41, 5.74) is 6.76. The highest BCUT2D eigenvalue weighted by Gasteiger charge is 2.24. The molecule has 5 nitrogen and oxygen atoms in total. The van der Waals surface area contributed by atoms with Gasteiger partial charge in [-0.25, -0.2) is 0 Å². The van der Waals surface area contributed by atoms with Crippen LogP contribution < -0.4 is 15.4 Å². The van der Waals surface area contributed by atoms with Gasteiger partial charge in [0.25, 0.3) is 5.91 Å². The fourth-order valence-corrected chi connectivity index (χ4v) is 1.47. The van der Waals surface area contributed by atoms with Crippen LogP contribution in [0.4, 0.5) is 11.4 Å². The Balaban J connectivity index is 2.44. The van der Waals surface area contributed by atoms with Crippen LogP contribution in [0.15, 0.2) is 18.2 Å². The molecule has 1 aromatic carbocycles. The number of nitrogens with zero attached hydrogens (tertiary/aromatic N) is 2. The van der Waals surface area contributed by atoms with Gasteiger partial charge in [0.1, 0.15) is 12.3 Å². The number of nitrogen functional groups attached to an aromatic ring is 1. The zero-order valence-electron chi connectivity index (χ0n) is 7.93. The van der Waals surface area contributed by atoms with Crippen molar-refractivity contribution < 1.29 is 9.53 Å². The van der Waals surface area contributed by atoms with Crippen molar-refractivity contribution in [1.82, 2.24) is 0 Å². The molecule has 0 aromatic heterocycles. The quantitative estimate of drug-likeness (QED) is 0.533. The lowest BCUT2D eigenvalue weighted by Gasteiger charge is -2.27. The third kappa shape index (κ3) is 1.57. The monoisotopic (exact) mass is 203 g/mol. The highest BCUT2D eigenvalue weighted by Crippen LogP contribution is 2.33. The first-order chi connectivity index (χ1) is 7.22. The number of rotatable bonds is 1. The van der Waals surface area contributed by atoms with Gasteiger partial charge in [-0.2, -0.15) is 5.26 Å². The van der Waals surface area contributed by atoms with E-state index in [0.29, 0.717) is 17.1 Å². The van der Waals surface area contributed by atoms with E-state index in [1.807, 2.05) is 6.07 Å². The molecule has 0 aliphatic carbocycles. The van der Waals surface area contributed by atoms with Crippen molar-refractivity contribution in [2.24, 2.45) is 0 Å². The minimum atomic E-state index is -0.214. The molecule has 0 atom stereocenters. The number of benzene rings is 1. The van der Waals surface area contributed by atoms with E-state index in [2.05, 4.69) is 0 Å². The van der Waals surface area contributed by atoms with Crippen LogP contribution in [0, 0.1) is 11.3 Å². The second-order valence-corrected chi connectivity index (χ2v) is 3.15. The summed E-state index contributed by atoms with van der Waals surface area (Å²) in [6.45, 7) is -0.0166. The average Bonchev–Trinajstić information content (AvgIpc) is 2.22. The number of hydrogen-bond donors (Lipinski definition) is 1. The van der Waals surface area contributed by atoms with Gasteiger partial charge in [0.2, 0.25) is 0 Å². The normalized spacial score (nSPS) is 14.1. The standard InChI is InChI=1S/C10H9N3O2/c11-3-4-13-8-2-1-7(12)5-9(8)15-6-10(13)14/h1-2,5H,4,6,12H2. The van der Waals surface area contributed by atoms with Crippen molar-refractivity contribution in [1.29, 1.82) is 5.26 Å². The number of hydrogen-bond acceptors (Lipinski definition) is 4. The number of fused-ring (bicyclic) bond motifs is 1. The number of ether oxygens (including phenoxy) is 1. The van der Waals surface area contributed by atoms with Gasteiger partial charge in [-0.3, -0.25) is 9.69 Å². The third-order valence-corrected chi connectivity index (χ3v) is 2.16. The van der Waals surface area contributed by atoms with Gasteiger partial charge >= 0.3 is 0 Å². The Bertz CT molecular complexity index is 450. The van der Waals surface area contributed by atoms with E-state index in [0.717, 1.165) is 0 Å². The Morgan fingerprint density at radius 3 is 3.13 bits per heavy atom. The zero-order chi connectivity index (χ0) is 10.8. The molecule has 2 rings (SSSR count). The molecule has 15 heavy (non-hydrogen) atoms. The Hall–Kier alpha value is -2.22. The van der Waals surface area contributed by atoms with Crippen LogP contribution in [0.3, 0.4) is 0 Å².